The maximum Gasteiger partial charge on any atom is 0.224 e. The van der Waals surface area contributed by atoms with Gasteiger partial charge in [-0.3, -0.25) is 4.79 Å². The van der Waals surface area contributed by atoms with Crippen LogP contribution in [0.3, 0.4) is 0 Å². The minimum Gasteiger partial charge on any atom is -0.496 e. The van der Waals surface area contributed by atoms with Gasteiger partial charge in [0.15, 0.2) is 6.79 Å². The second-order valence-electron chi connectivity index (χ2n) is 6.10. The van der Waals surface area contributed by atoms with Crippen molar-refractivity contribution in [2.75, 3.05) is 21.0 Å². The first-order valence-electron chi connectivity index (χ1n) is 8.34. The molecule has 0 bridgehead atoms. The van der Waals surface area contributed by atoms with E-state index in [2.05, 4.69) is 5.32 Å². The van der Waals surface area contributed by atoms with E-state index < -0.39 is 0 Å². The third-order valence-corrected chi connectivity index (χ3v) is 4.42. The smallest absolute Gasteiger partial charge is 0.224 e. The normalized spacial score (nSPS) is 18.5. The molecule has 132 valence electrons. The Labute approximate surface area is 147 Å². The van der Waals surface area contributed by atoms with Gasteiger partial charge in [0.2, 0.25) is 5.91 Å². The van der Waals surface area contributed by atoms with Crippen LogP contribution in [0.1, 0.15) is 23.5 Å². The zero-order chi connectivity index (χ0) is 17.6. The van der Waals surface area contributed by atoms with Crippen molar-refractivity contribution in [3.8, 4) is 11.5 Å². The molecule has 1 fully saturated rings. The Morgan fingerprint density at radius 2 is 1.88 bits per heavy atom. The molecule has 2 atom stereocenters. The number of benzene rings is 2. The van der Waals surface area contributed by atoms with Crippen LogP contribution in [0.5, 0.6) is 11.5 Å². The van der Waals surface area contributed by atoms with Crippen LogP contribution in [-0.2, 0) is 16.1 Å². The minimum absolute atomic E-state index is 0.0421. The molecule has 5 nitrogen and oxygen atoms in total. The monoisotopic (exact) mass is 341 g/mol. The largest absolute Gasteiger partial charge is 0.496 e. The van der Waals surface area contributed by atoms with Crippen LogP contribution in [0.15, 0.2) is 48.5 Å². The first-order valence-corrected chi connectivity index (χ1v) is 8.34. The number of para-hydroxylation sites is 1. The summed E-state index contributed by atoms with van der Waals surface area (Å²) in [5.74, 6) is 1.98. The van der Waals surface area contributed by atoms with E-state index in [1.807, 2.05) is 48.5 Å². The molecule has 1 amide bonds. The highest BCUT2D eigenvalue weighted by Crippen LogP contribution is 2.47. The zero-order valence-electron chi connectivity index (χ0n) is 14.5. The van der Waals surface area contributed by atoms with E-state index in [4.69, 9.17) is 14.2 Å². The molecule has 25 heavy (non-hydrogen) atoms. The fraction of sp³-hybridized carbons (Fsp3) is 0.350. The molecular weight excluding hydrogens is 318 g/mol. The van der Waals surface area contributed by atoms with Crippen LogP contribution < -0.4 is 14.8 Å². The fourth-order valence-corrected chi connectivity index (χ4v) is 2.95. The van der Waals surface area contributed by atoms with Crippen LogP contribution >= 0.6 is 0 Å². The van der Waals surface area contributed by atoms with Gasteiger partial charge in [-0.2, -0.15) is 0 Å². The van der Waals surface area contributed by atoms with Crippen molar-refractivity contribution in [2.45, 2.75) is 18.9 Å². The molecule has 0 spiro atoms. The Morgan fingerprint density at radius 1 is 1.12 bits per heavy atom. The summed E-state index contributed by atoms with van der Waals surface area (Å²) in [7, 11) is 3.23. The van der Waals surface area contributed by atoms with Gasteiger partial charge < -0.3 is 19.5 Å². The summed E-state index contributed by atoms with van der Waals surface area (Å²) in [4.78, 5) is 12.4. The van der Waals surface area contributed by atoms with E-state index in [1.54, 1.807) is 14.2 Å². The topological polar surface area (TPSA) is 56.8 Å². The lowest BCUT2D eigenvalue weighted by atomic mass is 10.1. The molecule has 0 aliphatic heterocycles. The predicted octanol–water partition coefficient (Wildman–Crippen LogP) is 3.10. The molecule has 1 N–H and O–H groups in total. The average Bonchev–Trinajstić information content (AvgIpc) is 3.46. The lowest BCUT2D eigenvalue weighted by Crippen LogP contribution is -2.25. The fourth-order valence-electron chi connectivity index (χ4n) is 2.95. The number of methoxy groups -OCH3 is 2. The quantitative estimate of drug-likeness (QED) is 0.750. The van der Waals surface area contributed by atoms with E-state index in [9.17, 15) is 4.79 Å². The van der Waals surface area contributed by atoms with Gasteiger partial charge in [-0.1, -0.05) is 30.3 Å². The lowest BCUT2D eigenvalue weighted by molar-refractivity contribution is -0.122. The Hall–Kier alpha value is -2.53. The number of hydrogen-bond donors (Lipinski definition) is 1. The van der Waals surface area contributed by atoms with Crippen molar-refractivity contribution in [2.24, 2.45) is 5.92 Å². The molecule has 1 aliphatic carbocycles. The van der Waals surface area contributed by atoms with Crippen LogP contribution in [0.4, 0.5) is 0 Å². The van der Waals surface area contributed by atoms with E-state index in [1.165, 1.54) is 5.56 Å². The number of carbonyl (C=O) groups excluding carboxylic acids is 1. The first-order chi connectivity index (χ1) is 12.2. The standard InChI is InChI=1S/C20H23NO4/c1-23-13-25-16-9-7-14(8-10-16)17-11-18(17)20(22)21-12-15-5-3-4-6-19(15)24-2/h3-10,17-18H,11-13H2,1-2H3,(H,21,22). The number of nitrogens with one attached hydrogen (secondary N) is 1. The summed E-state index contributed by atoms with van der Waals surface area (Å²) >= 11 is 0. The maximum absolute atomic E-state index is 12.4. The van der Waals surface area contributed by atoms with Gasteiger partial charge >= 0.3 is 0 Å². The second-order valence-corrected chi connectivity index (χ2v) is 6.10. The van der Waals surface area contributed by atoms with Gasteiger partial charge in [0.1, 0.15) is 11.5 Å². The molecule has 0 aromatic heterocycles. The number of amides is 1. The van der Waals surface area contributed by atoms with Gasteiger partial charge in [0.25, 0.3) is 0 Å². The molecule has 0 saturated heterocycles. The highest BCUT2D eigenvalue weighted by molar-refractivity contribution is 5.82. The summed E-state index contributed by atoms with van der Waals surface area (Å²) in [6, 6.07) is 15.6. The molecule has 0 radical (unpaired) electrons. The van der Waals surface area contributed by atoms with Crippen molar-refractivity contribution >= 4 is 5.91 Å². The molecule has 0 heterocycles. The molecule has 5 heteroatoms. The zero-order valence-corrected chi connectivity index (χ0v) is 14.5. The van der Waals surface area contributed by atoms with Crippen molar-refractivity contribution < 1.29 is 19.0 Å². The summed E-state index contributed by atoms with van der Waals surface area (Å²) in [6.45, 7) is 0.715. The molecule has 2 aromatic carbocycles. The Kier molecular flexibility index (Phi) is 5.56. The van der Waals surface area contributed by atoms with Crippen molar-refractivity contribution in [1.29, 1.82) is 0 Å². The number of hydrogen-bond acceptors (Lipinski definition) is 4. The molecular formula is C20H23NO4. The van der Waals surface area contributed by atoms with Gasteiger partial charge in [0.05, 0.1) is 7.11 Å². The highest BCUT2D eigenvalue weighted by Gasteiger charge is 2.43. The van der Waals surface area contributed by atoms with Crippen molar-refractivity contribution in [1.82, 2.24) is 5.32 Å². The van der Waals surface area contributed by atoms with Gasteiger partial charge in [-0.15, -0.1) is 0 Å². The number of carbonyl (C=O) groups is 1. The van der Waals surface area contributed by atoms with Gasteiger partial charge in [-0.25, -0.2) is 0 Å². The van der Waals surface area contributed by atoms with E-state index in [-0.39, 0.29) is 24.5 Å². The molecule has 3 rings (SSSR count). The minimum atomic E-state index is 0.0421. The second kappa shape index (κ2) is 8.03. The number of rotatable bonds is 8. The van der Waals surface area contributed by atoms with Crippen LogP contribution in [0, 0.1) is 5.92 Å². The SMILES string of the molecule is COCOc1ccc(C2CC2C(=O)NCc2ccccc2OC)cc1. The molecule has 1 aliphatic rings. The van der Waals surface area contributed by atoms with E-state index >= 15 is 0 Å². The average molecular weight is 341 g/mol. The summed E-state index contributed by atoms with van der Waals surface area (Å²) in [6.07, 6.45) is 0.885. The lowest BCUT2D eigenvalue weighted by Gasteiger charge is -2.09. The molecule has 2 aromatic rings. The molecule has 2 unspecified atom stereocenters. The predicted molar refractivity (Wildman–Crippen MR) is 94.6 cm³/mol. The first kappa shape index (κ1) is 17.3. The van der Waals surface area contributed by atoms with Crippen molar-refractivity contribution in [3.05, 3.63) is 59.7 Å². The van der Waals surface area contributed by atoms with Crippen LogP contribution in [0.25, 0.3) is 0 Å². The maximum atomic E-state index is 12.4. The Balaban J connectivity index is 1.52. The van der Waals surface area contributed by atoms with Gasteiger partial charge in [-0.05, 0) is 36.1 Å². The van der Waals surface area contributed by atoms with Crippen molar-refractivity contribution in [3.63, 3.8) is 0 Å². The highest BCUT2D eigenvalue weighted by atomic mass is 16.7. The number of ether oxygens (including phenoxy) is 3. The third kappa shape index (κ3) is 4.31. The van der Waals surface area contributed by atoms with Crippen LogP contribution in [0.2, 0.25) is 0 Å². The Bertz CT molecular complexity index is 714. The van der Waals surface area contributed by atoms with E-state index in [0.29, 0.717) is 6.54 Å². The summed E-state index contributed by atoms with van der Waals surface area (Å²) < 4.78 is 15.6. The summed E-state index contributed by atoms with van der Waals surface area (Å²) in [5.41, 5.74) is 2.15. The summed E-state index contributed by atoms with van der Waals surface area (Å²) in [5, 5.41) is 3.01. The third-order valence-electron chi connectivity index (χ3n) is 4.42. The van der Waals surface area contributed by atoms with Crippen LogP contribution in [-0.4, -0.2) is 26.9 Å². The van der Waals surface area contributed by atoms with Gasteiger partial charge in [0, 0.05) is 25.1 Å². The Morgan fingerprint density at radius 3 is 2.60 bits per heavy atom. The molecule has 1 saturated carbocycles. The van der Waals surface area contributed by atoms with E-state index in [0.717, 1.165) is 23.5 Å².